The fourth-order valence-electron chi connectivity index (χ4n) is 2.71. The van der Waals surface area contributed by atoms with Gasteiger partial charge < -0.3 is 9.64 Å². The first-order valence-corrected chi connectivity index (χ1v) is 9.30. The highest BCUT2D eigenvalue weighted by Gasteiger charge is 2.35. The minimum atomic E-state index is -3.02. The number of rotatable bonds is 5. The Balaban J connectivity index is 2.22. The molecule has 6 heteroatoms. The van der Waals surface area contributed by atoms with Crippen LogP contribution in [0.1, 0.15) is 30.6 Å². The van der Waals surface area contributed by atoms with Gasteiger partial charge in [0.15, 0.2) is 9.84 Å². The molecule has 2 rings (SSSR count). The summed E-state index contributed by atoms with van der Waals surface area (Å²) in [6.45, 7) is 4.61. The summed E-state index contributed by atoms with van der Waals surface area (Å²) < 4.78 is 28.5. The van der Waals surface area contributed by atoms with E-state index >= 15 is 0 Å². The lowest BCUT2D eigenvalue weighted by Crippen LogP contribution is -2.43. The topological polar surface area (TPSA) is 63.7 Å². The van der Waals surface area contributed by atoms with Crippen molar-refractivity contribution in [1.82, 2.24) is 4.90 Å². The van der Waals surface area contributed by atoms with Gasteiger partial charge in [-0.25, -0.2) is 8.42 Å². The molecule has 0 aromatic heterocycles. The fraction of sp³-hybridized carbons (Fsp3) is 0.562. The Labute approximate surface area is 132 Å². The number of ether oxygens (including phenoxy) is 1. The van der Waals surface area contributed by atoms with E-state index < -0.39 is 9.84 Å². The SMILES string of the molecule is COc1ccc(C(=O)N(CC(C)C)C2CCS(=O)(=O)C2)cc1. The molecule has 5 nitrogen and oxygen atoms in total. The van der Waals surface area contributed by atoms with Crippen molar-refractivity contribution in [3.05, 3.63) is 29.8 Å². The maximum absolute atomic E-state index is 12.8. The Morgan fingerprint density at radius 1 is 1.32 bits per heavy atom. The summed E-state index contributed by atoms with van der Waals surface area (Å²) in [6, 6.07) is 6.70. The summed E-state index contributed by atoms with van der Waals surface area (Å²) in [6.07, 6.45) is 0.525. The second kappa shape index (κ2) is 6.69. The molecule has 0 aliphatic carbocycles. The van der Waals surface area contributed by atoms with E-state index in [-0.39, 0.29) is 29.4 Å². The van der Waals surface area contributed by atoms with Gasteiger partial charge in [0.2, 0.25) is 0 Å². The first-order chi connectivity index (χ1) is 10.3. The van der Waals surface area contributed by atoms with Crippen LogP contribution in [0.2, 0.25) is 0 Å². The average molecular weight is 325 g/mol. The maximum atomic E-state index is 12.8. The number of nitrogens with zero attached hydrogens (tertiary/aromatic N) is 1. The Kier molecular flexibility index (Phi) is 5.11. The Hall–Kier alpha value is -1.56. The summed E-state index contributed by atoms with van der Waals surface area (Å²) in [4.78, 5) is 14.5. The zero-order valence-electron chi connectivity index (χ0n) is 13.3. The van der Waals surface area contributed by atoms with Crippen molar-refractivity contribution in [2.75, 3.05) is 25.2 Å². The third-order valence-corrected chi connectivity index (χ3v) is 5.56. The van der Waals surface area contributed by atoms with E-state index in [0.717, 1.165) is 0 Å². The van der Waals surface area contributed by atoms with Crippen molar-refractivity contribution in [1.29, 1.82) is 0 Å². The molecule has 1 aromatic rings. The van der Waals surface area contributed by atoms with Crippen LogP contribution >= 0.6 is 0 Å². The molecule has 1 aliphatic rings. The fourth-order valence-corrected chi connectivity index (χ4v) is 4.44. The molecule has 0 bridgehead atoms. The van der Waals surface area contributed by atoms with Gasteiger partial charge in [-0.15, -0.1) is 0 Å². The summed E-state index contributed by atoms with van der Waals surface area (Å²) in [5.74, 6) is 1.10. The molecule has 0 saturated carbocycles. The van der Waals surface area contributed by atoms with E-state index in [1.807, 2.05) is 13.8 Å². The number of benzene rings is 1. The molecule has 0 N–H and O–H groups in total. The number of carbonyl (C=O) groups is 1. The lowest BCUT2D eigenvalue weighted by Gasteiger charge is -2.30. The molecule has 1 saturated heterocycles. The number of amides is 1. The monoisotopic (exact) mass is 325 g/mol. The van der Waals surface area contributed by atoms with Gasteiger partial charge in [0.05, 0.1) is 18.6 Å². The van der Waals surface area contributed by atoms with Crippen LogP contribution in [0, 0.1) is 5.92 Å². The number of methoxy groups -OCH3 is 1. The smallest absolute Gasteiger partial charge is 0.254 e. The van der Waals surface area contributed by atoms with Crippen LogP contribution in [-0.4, -0.2) is 50.4 Å². The summed E-state index contributed by atoms with van der Waals surface area (Å²) in [5, 5.41) is 0. The molecular formula is C16H23NO4S. The van der Waals surface area contributed by atoms with E-state index in [1.165, 1.54) is 0 Å². The molecule has 1 aliphatic heterocycles. The average Bonchev–Trinajstić information content (AvgIpc) is 2.84. The van der Waals surface area contributed by atoms with Crippen molar-refractivity contribution in [2.45, 2.75) is 26.3 Å². The number of carbonyl (C=O) groups excluding carboxylic acids is 1. The second-order valence-electron chi connectivity index (χ2n) is 6.14. The van der Waals surface area contributed by atoms with Crippen molar-refractivity contribution in [2.24, 2.45) is 5.92 Å². The normalized spacial score (nSPS) is 20.1. The quantitative estimate of drug-likeness (QED) is 0.830. The minimum absolute atomic E-state index is 0.0710. The highest BCUT2D eigenvalue weighted by atomic mass is 32.2. The van der Waals surface area contributed by atoms with Crippen molar-refractivity contribution < 1.29 is 17.9 Å². The van der Waals surface area contributed by atoms with Crippen molar-refractivity contribution >= 4 is 15.7 Å². The lowest BCUT2D eigenvalue weighted by atomic mass is 10.1. The molecule has 1 fully saturated rings. The third-order valence-electron chi connectivity index (χ3n) is 3.81. The second-order valence-corrected chi connectivity index (χ2v) is 8.37. The Bertz CT molecular complexity index is 622. The van der Waals surface area contributed by atoms with E-state index in [9.17, 15) is 13.2 Å². The van der Waals surface area contributed by atoms with Crippen LogP contribution in [0.15, 0.2) is 24.3 Å². The Morgan fingerprint density at radius 2 is 1.95 bits per heavy atom. The van der Waals surface area contributed by atoms with Crippen LogP contribution in [-0.2, 0) is 9.84 Å². The number of sulfone groups is 1. The summed E-state index contributed by atoms with van der Waals surface area (Å²) in [7, 11) is -1.44. The van der Waals surface area contributed by atoms with E-state index in [0.29, 0.717) is 24.3 Å². The van der Waals surface area contributed by atoms with Gasteiger partial charge in [0.1, 0.15) is 5.75 Å². The van der Waals surface area contributed by atoms with Crippen LogP contribution in [0.25, 0.3) is 0 Å². The van der Waals surface area contributed by atoms with Gasteiger partial charge in [0.25, 0.3) is 5.91 Å². The molecule has 1 aromatic carbocycles. The lowest BCUT2D eigenvalue weighted by molar-refractivity contribution is 0.0672. The number of hydrogen-bond donors (Lipinski definition) is 0. The zero-order chi connectivity index (χ0) is 16.3. The standard InChI is InChI=1S/C16H23NO4S/c1-12(2)10-17(14-8-9-22(19,20)11-14)16(18)13-4-6-15(21-3)7-5-13/h4-7,12,14H,8-11H2,1-3H3. The molecule has 0 radical (unpaired) electrons. The predicted molar refractivity (Wildman–Crippen MR) is 85.9 cm³/mol. The molecular weight excluding hydrogens is 302 g/mol. The van der Waals surface area contributed by atoms with Gasteiger partial charge in [-0.1, -0.05) is 13.8 Å². The minimum Gasteiger partial charge on any atom is -0.497 e. The molecule has 122 valence electrons. The predicted octanol–water partition coefficient (Wildman–Crippen LogP) is 1.98. The highest BCUT2D eigenvalue weighted by molar-refractivity contribution is 7.91. The maximum Gasteiger partial charge on any atom is 0.254 e. The molecule has 22 heavy (non-hydrogen) atoms. The first kappa shape index (κ1) is 16.8. The van der Waals surface area contributed by atoms with Crippen LogP contribution < -0.4 is 4.74 Å². The van der Waals surface area contributed by atoms with Crippen LogP contribution in [0.3, 0.4) is 0 Å². The van der Waals surface area contributed by atoms with Gasteiger partial charge in [-0.2, -0.15) is 0 Å². The van der Waals surface area contributed by atoms with E-state index in [2.05, 4.69) is 0 Å². The molecule has 0 spiro atoms. The van der Waals surface area contributed by atoms with E-state index in [4.69, 9.17) is 4.74 Å². The van der Waals surface area contributed by atoms with Gasteiger partial charge >= 0.3 is 0 Å². The van der Waals surface area contributed by atoms with E-state index in [1.54, 1.807) is 36.3 Å². The van der Waals surface area contributed by atoms with Crippen LogP contribution in [0.4, 0.5) is 0 Å². The third kappa shape index (κ3) is 4.00. The van der Waals surface area contributed by atoms with Crippen LogP contribution in [0.5, 0.6) is 5.75 Å². The van der Waals surface area contributed by atoms with Crippen molar-refractivity contribution in [3.8, 4) is 5.75 Å². The molecule has 1 amide bonds. The molecule has 1 unspecified atom stereocenters. The molecule has 1 atom stereocenters. The highest BCUT2D eigenvalue weighted by Crippen LogP contribution is 2.22. The largest absolute Gasteiger partial charge is 0.497 e. The molecule has 1 heterocycles. The van der Waals surface area contributed by atoms with Gasteiger partial charge in [-0.3, -0.25) is 4.79 Å². The van der Waals surface area contributed by atoms with Gasteiger partial charge in [-0.05, 0) is 36.6 Å². The summed E-state index contributed by atoms with van der Waals surface area (Å²) >= 11 is 0. The first-order valence-electron chi connectivity index (χ1n) is 7.48. The zero-order valence-corrected chi connectivity index (χ0v) is 14.1. The summed E-state index contributed by atoms with van der Waals surface area (Å²) in [5.41, 5.74) is 0.561. The Morgan fingerprint density at radius 3 is 2.41 bits per heavy atom. The van der Waals surface area contributed by atoms with Crippen molar-refractivity contribution in [3.63, 3.8) is 0 Å². The van der Waals surface area contributed by atoms with Gasteiger partial charge in [0, 0.05) is 18.2 Å². The number of hydrogen-bond acceptors (Lipinski definition) is 4.